The second-order valence-electron chi connectivity index (χ2n) is 4.85. The maximum atomic E-state index is 4.31. The van der Waals surface area contributed by atoms with Crippen LogP contribution in [0.4, 0.5) is 0 Å². The molecule has 1 aliphatic heterocycles. The number of hydrogen-bond donors (Lipinski definition) is 1. The predicted molar refractivity (Wildman–Crippen MR) is 70.4 cm³/mol. The largest absolute Gasteiger partial charge is 0.316 e. The van der Waals surface area contributed by atoms with Crippen molar-refractivity contribution >= 4 is 0 Å². The van der Waals surface area contributed by atoms with Gasteiger partial charge in [-0.2, -0.15) is 0 Å². The third-order valence-electron chi connectivity index (χ3n) is 3.50. The van der Waals surface area contributed by atoms with E-state index in [4.69, 9.17) is 0 Å². The Kier molecular flexibility index (Phi) is 3.37. The van der Waals surface area contributed by atoms with Crippen LogP contribution in [0.3, 0.4) is 0 Å². The van der Waals surface area contributed by atoms with Crippen molar-refractivity contribution in [1.82, 2.24) is 20.1 Å². The van der Waals surface area contributed by atoms with Crippen molar-refractivity contribution in [2.24, 2.45) is 0 Å². The maximum absolute atomic E-state index is 4.31. The molecule has 0 aliphatic carbocycles. The van der Waals surface area contributed by atoms with Crippen molar-refractivity contribution in [2.75, 3.05) is 13.1 Å². The summed E-state index contributed by atoms with van der Waals surface area (Å²) in [4.78, 5) is 0. The Morgan fingerprint density at radius 3 is 2.94 bits per heavy atom. The Balaban J connectivity index is 1.78. The van der Waals surface area contributed by atoms with E-state index in [0.717, 1.165) is 25.5 Å². The standard InChI is InChI=1S/C14H18N4/c1-2-5-12(6-3-1)10-18-11-16-17-14(18)13-7-4-8-15-9-13/h1-3,5-6,11,13,15H,4,7-10H2. The van der Waals surface area contributed by atoms with Gasteiger partial charge in [-0.15, -0.1) is 10.2 Å². The molecular formula is C14H18N4. The fourth-order valence-corrected chi connectivity index (χ4v) is 2.55. The van der Waals surface area contributed by atoms with Crippen LogP contribution in [0.25, 0.3) is 0 Å². The van der Waals surface area contributed by atoms with Crippen molar-refractivity contribution in [3.05, 3.63) is 48.0 Å². The molecule has 4 nitrogen and oxygen atoms in total. The molecule has 2 aromatic rings. The van der Waals surface area contributed by atoms with Crippen LogP contribution in [0, 0.1) is 0 Å². The highest BCUT2D eigenvalue weighted by atomic mass is 15.3. The van der Waals surface area contributed by atoms with E-state index < -0.39 is 0 Å². The molecule has 0 bridgehead atoms. The highest BCUT2D eigenvalue weighted by Gasteiger charge is 2.20. The Hall–Kier alpha value is -1.68. The molecular weight excluding hydrogens is 224 g/mol. The summed E-state index contributed by atoms with van der Waals surface area (Å²) in [6.07, 6.45) is 4.28. The first kappa shape index (κ1) is 11.4. The van der Waals surface area contributed by atoms with Gasteiger partial charge in [-0.05, 0) is 24.9 Å². The molecule has 4 heteroatoms. The Bertz CT molecular complexity index is 486. The van der Waals surface area contributed by atoms with Crippen LogP contribution < -0.4 is 5.32 Å². The molecule has 1 aromatic carbocycles. The van der Waals surface area contributed by atoms with Gasteiger partial charge in [0.1, 0.15) is 12.2 Å². The van der Waals surface area contributed by atoms with Gasteiger partial charge in [0.25, 0.3) is 0 Å². The SMILES string of the molecule is c1ccc(Cn2cnnc2C2CCCNC2)cc1. The second-order valence-corrected chi connectivity index (χ2v) is 4.85. The first-order valence-corrected chi connectivity index (χ1v) is 6.56. The first-order valence-electron chi connectivity index (χ1n) is 6.56. The van der Waals surface area contributed by atoms with Crippen molar-refractivity contribution < 1.29 is 0 Å². The Labute approximate surface area is 107 Å². The van der Waals surface area contributed by atoms with Crippen LogP contribution in [0.15, 0.2) is 36.7 Å². The lowest BCUT2D eigenvalue weighted by atomic mass is 9.99. The van der Waals surface area contributed by atoms with Gasteiger partial charge in [-0.3, -0.25) is 0 Å². The van der Waals surface area contributed by atoms with Crippen LogP contribution in [-0.2, 0) is 6.54 Å². The lowest BCUT2D eigenvalue weighted by Crippen LogP contribution is -2.30. The third-order valence-corrected chi connectivity index (χ3v) is 3.50. The number of rotatable bonds is 3. The summed E-state index contributed by atoms with van der Waals surface area (Å²) >= 11 is 0. The highest BCUT2D eigenvalue weighted by molar-refractivity contribution is 5.16. The molecule has 94 valence electrons. The molecule has 2 heterocycles. The summed E-state index contributed by atoms with van der Waals surface area (Å²) in [5.74, 6) is 1.62. The van der Waals surface area contributed by atoms with Gasteiger partial charge >= 0.3 is 0 Å². The van der Waals surface area contributed by atoms with Crippen LogP contribution in [0.1, 0.15) is 30.1 Å². The van der Waals surface area contributed by atoms with Gasteiger partial charge in [0.15, 0.2) is 0 Å². The van der Waals surface area contributed by atoms with Crippen LogP contribution in [0.5, 0.6) is 0 Å². The Morgan fingerprint density at radius 1 is 1.28 bits per heavy atom. The third kappa shape index (κ3) is 2.43. The minimum absolute atomic E-state index is 0.505. The summed E-state index contributed by atoms with van der Waals surface area (Å²) < 4.78 is 2.17. The number of hydrogen-bond acceptors (Lipinski definition) is 3. The predicted octanol–water partition coefficient (Wildman–Crippen LogP) is 1.79. The maximum Gasteiger partial charge on any atom is 0.137 e. The van der Waals surface area contributed by atoms with Gasteiger partial charge in [0.2, 0.25) is 0 Å². The first-order chi connectivity index (χ1) is 8.93. The second kappa shape index (κ2) is 5.31. The molecule has 0 spiro atoms. The fraction of sp³-hybridized carbons (Fsp3) is 0.429. The number of benzene rings is 1. The van der Waals surface area contributed by atoms with E-state index in [2.05, 4.69) is 44.3 Å². The fourth-order valence-electron chi connectivity index (χ4n) is 2.55. The smallest absolute Gasteiger partial charge is 0.137 e. The molecule has 1 atom stereocenters. The van der Waals surface area contributed by atoms with Gasteiger partial charge < -0.3 is 9.88 Å². The zero-order valence-corrected chi connectivity index (χ0v) is 10.4. The molecule has 3 rings (SSSR count). The van der Waals surface area contributed by atoms with E-state index in [1.54, 1.807) is 0 Å². The number of nitrogens with one attached hydrogen (secondary N) is 1. The van der Waals surface area contributed by atoms with E-state index in [-0.39, 0.29) is 0 Å². The molecule has 0 amide bonds. The van der Waals surface area contributed by atoms with Crippen molar-refractivity contribution in [3.63, 3.8) is 0 Å². The van der Waals surface area contributed by atoms with E-state index in [0.29, 0.717) is 5.92 Å². The van der Waals surface area contributed by atoms with E-state index >= 15 is 0 Å². The lowest BCUT2D eigenvalue weighted by Gasteiger charge is -2.22. The molecule has 1 fully saturated rings. The summed E-state index contributed by atoms with van der Waals surface area (Å²) in [5.41, 5.74) is 1.29. The van der Waals surface area contributed by atoms with Crippen molar-refractivity contribution in [2.45, 2.75) is 25.3 Å². The molecule has 1 unspecified atom stereocenters. The average Bonchev–Trinajstić information content (AvgIpc) is 2.89. The molecule has 1 saturated heterocycles. The molecule has 1 aromatic heterocycles. The highest BCUT2D eigenvalue weighted by Crippen LogP contribution is 2.21. The van der Waals surface area contributed by atoms with E-state index in [1.807, 2.05) is 12.4 Å². The summed E-state index contributed by atoms with van der Waals surface area (Å²) in [6, 6.07) is 10.5. The van der Waals surface area contributed by atoms with Crippen molar-refractivity contribution in [3.8, 4) is 0 Å². The molecule has 18 heavy (non-hydrogen) atoms. The average molecular weight is 242 g/mol. The normalized spacial score (nSPS) is 19.9. The number of piperidine rings is 1. The molecule has 0 saturated carbocycles. The van der Waals surface area contributed by atoms with Crippen LogP contribution in [0.2, 0.25) is 0 Å². The van der Waals surface area contributed by atoms with Gasteiger partial charge in [0.05, 0.1) is 6.54 Å². The van der Waals surface area contributed by atoms with Gasteiger partial charge in [-0.25, -0.2) is 0 Å². The zero-order chi connectivity index (χ0) is 12.2. The van der Waals surface area contributed by atoms with E-state index in [1.165, 1.54) is 18.4 Å². The minimum atomic E-state index is 0.505. The van der Waals surface area contributed by atoms with Crippen LogP contribution in [-0.4, -0.2) is 27.9 Å². The summed E-state index contributed by atoms with van der Waals surface area (Å²) in [5, 5.41) is 11.8. The number of aromatic nitrogens is 3. The topological polar surface area (TPSA) is 42.7 Å². The summed E-state index contributed by atoms with van der Waals surface area (Å²) in [6.45, 7) is 3.01. The summed E-state index contributed by atoms with van der Waals surface area (Å²) in [7, 11) is 0. The molecule has 1 N–H and O–H groups in total. The van der Waals surface area contributed by atoms with E-state index in [9.17, 15) is 0 Å². The monoisotopic (exact) mass is 242 g/mol. The van der Waals surface area contributed by atoms with Crippen LogP contribution >= 0.6 is 0 Å². The molecule has 0 radical (unpaired) electrons. The van der Waals surface area contributed by atoms with Crippen molar-refractivity contribution in [1.29, 1.82) is 0 Å². The quantitative estimate of drug-likeness (QED) is 0.892. The van der Waals surface area contributed by atoms with Gasteiger partial charge in [0, 0.05) is 12.5 Å². The minimum Gasteiger partial charge on any atom is -0.316 e. The molecule has 1 aliphatic rings. The Morgan fingerprint density at radius 2 is 2.17 bits per heavy atom. The number of nitrogens with zero attached hydrogens (tertiary/aromatic N) is 3. The zero-order valence-electron chi connectivity index (χ0n) is 10.4. The van der Waals surface area contributed by atoms with Gasteiger partial charge in [-0.1, -0.05) is 30.3 Å². The lowest BCUT2D eigenvalue weighted by molar-refractivity contribution is 0.435.